The Morgan fingerprint density at radius 1 is 1.50 bits per heavy atom. The van der Waals surface area contributed by atoms with E-state index in [4.69, 9.17) is 4.74 Å². The Bertz CT molecular complexity index is 608. The van der Waals surface area contributed by atoms with Gasteiger partial charge in [-0.1, -0.05) is 36.9 Å². The molecule has 0 saturated carbocycles. The minimum Gasteiger partial charge on any atom is -0.479 e. The molecular formula is C11H15N5O2S2. The molecule has 1 N–H and O–H groups in total. The second-order valence-electron chi connectivity index (χ2n) is 4.22. The summed E-state index contributed by atoms with van der Waals surface area (Å²) in [5, 5.41) is 15.6. The summed E-state index contributed by atoms with van der Waals surface area (Å²) in [5.74, 6) is -0.0292. The first-order chi connectivity index (χ1) is 9.49. The van der Waals surface area contributed by atoms with Gasteiger partial charge in [0.2, 0.25) is 11.0 Å². The number of nitrogens with one attached hydrogen (secondary N) is 1. The second kappa shape index (κ2) is 6.23. The maximum atomic E-state index is 12.1. The number of thioether (sulfide) groups is 1. The molecular weight excluding hydrogens is 298 g/mol. The van der Waals surface area contributed by atoms with E-state index in [0.29, 0.717) is 15.9 Å². The molecule has 0 spiro atoms. The molecule has 9 heteroatoms. The molecule has 0 bridgehead atoms. The van der Waals surface area contributed by atoms with Gasteiger partial charge in [0.05, 0.1) is 7.11 Å². The maximum Gasteiger partial charge on any atom is 0.264 e. The highest BCUT2D eigenvalue weighted by atomic mass is 32.2. The Kier molecular flexibility index (Phi) is 4.61. The van der Waals surface area contributed by atoms with Crippen molar-refractivity contribution in [2.75, 3.05) is 12.4 Å². The average molecular weight is 313 g/mol. The fourth-order valence-corrected chi connectivity index (χ4v) is 3.42. The lowest BCUT2D eigenvalue weighted by molar-refractivity contribution is 0.102. The van der Waals surface area contributed by atoms with Gasteiger partial charge in [-0.3, -0.25) is 14.8 Å². The summed E-state index contributed by atoms with van der Waals surface area (Å²) in [4.78, 5) is 12.1. The van der Waals surface area contributed by atoms with E-state index in [0.717, 1.165) is 4.34 Å². The zero-order chi connectivity index (χ0) is 14.7. The van der Waals surface area contributed by atoms with Crippen LogP contribution < -0.4 is 10.1 Å². The number of methoxy groups -OCH3 is 1. The third-order valence-electron chi connectivity index (χ3n) is 2.20. The van der Waals surface area contributed by atoms with Gasteiger partial charge in [-0.05, 0) is 0 Å². The Hall–Kier alpha value is -1.61. The van der Waals surface area contributed by atoms with Crippen molar-refractivity contribution in [2.24, 2.45) is 7.05 Å². The van der Waals surface area contributed by atoms with Gasteiger partial charge >= 0.3 is 0 Å². The van der Waals surface area contributed by atoms with E-state index < -0.39 is 0 Å². The number of amides is 1. The highest BCUT2D eigenvalue weighted by Gasteiger charge is 2.18. The summed E-state index contributed by atoms with van der Waals surface area (Å²) >= 11 is 2.95. The minimum atomic E-state index is -0.313. The molecule has 0 saturated heterocycles. The van der Waals surface area contributed by atoms with Crippen LogP contribution in [0.15, 0.2) is 10.5 Å². The molecule has 0 fully saturated rings. The first-order valence-corrected chi connectivity index (χ1v) is 7.58. The number of carbonyl (C=O) groups excluding carboxylic acids is 1. The van der Waals surface area contributed by atoms with Crippen LogP contribution >= 0.6 is 23.1 Å². The standard InChI is InChI=1S/C11H15N5O2S2/c1-6(2)19-11-14-13-10(20-11)12-8(17)7-5-16(3)15-9(7)18-4/h5-6H,1-4H3,(H,12,13,17). The fraction of sp³-hybridized carbons (Fsp3) is 0.455. The summed E-state index contributed by atoms with van der Waals surface area (Å²) < 4.78 is 7.40. The Morgan fingerprint density at radius 3 is 2.90 bits per heavy atom. The smallest absolute Gasteiger partial charge is 0.264 e. The third kappa shape index (κ3) is 3.48. The Balaban J connectivity index is 2.09. The van der Waals surface area contributed by atoms with Crippen molar-refractivity contribution in [2.45, 2.75) is 23.4 Å². The number of aromatic nitrogens is 4. The van der Waals surface area contributed by atoms with Crippen LogP contribution in [-0.2, 0) is 7.05 Å². The quantitative estimate of drug-likeness (QED) is 0.672. The van der Waals surface area contributed by atoms with Crippen LogP contribution in [0.4, 0.5) is 5.13 Å². The van der Waals surface area contributed by atoms with Gasteiger partial charge < -0.3 is 4.74 Å². The molecule has 0 radical (unpaired) electrons. The van der Waals surface area contributed by atoms with Crippen molar-refractivity contribution in [3.05, 3.63) is 11.8 Å². The minimum absolute atomic E-state index is 0.284. The van der Waals surface area contributed by atoms with Crippen LogP contribution in [0.2, 0.25) is 0 Å². The van der Waals surface area contributed by atoms with Gasteiger partial charge in [0.25, 0.3) is 5.91 Å². The number of carbonyl (C=O) groups is 1. The number of nitrogens with zero attached hydrogens (tertiary/aromatic N) is 4. The first-order valence-electron chi connectivity index (χ1n) is 5.88. The first kappa shape index (κ1) is 14.8. The Morgan fingerprint density at radius 2 is 2.25 bits per heavy atom. The molecule has 0 atom stereocenters. The molecule has 2 aromatic rings. The van der Waals surface area contributed by atoms with Crippen molar-refractivity contribution >= 4 is 34.1 Å². The number of ether oxygens (including phenoxy) is 1. The predicted molar refractivity (Wildman–Crippen MR) is 78.6 cm³/mol. The maximum absolute atomic E-state index is 12.1. The molecule has 0 unspecified atom stereocenters. The summed E-state index contributed by atoms with van der Waals surface area (Å²) in [6, 6.07) is 0. The zero-order valence-corrected chi connectivity index (χ0v) is 13.2. The van der Waals surface area contributed by atoms with Crippen LogP contribution in [-0.4, -0.2) is 38.2 Å². The largest absolute Gasteiger partial charge is 0.479 e. The third-order valence-corrected chi connectivity index (χ3v) is 4.12. The topological polar surface area (TPSA) is 81.9 Å². The molecule has 2 aromatic heterocycles. The lowest BCUT2D eigenvalue weighted by Gasteiger charge is -2.00. The van der Waals surface area contributed by atoms with Crippen LogP contribution in [0.1, 0.15) is 24.2 Å². The average Bonchev–Trinajstić information content (AvgIpc) is 2.95. The molecule has 2 heterocycles. The zero-order valence-electron chi connectivity index (χ0n) is 11.6. The SMILES string of the molecule is COc1nn(C)cc1C(=O)Nc1nnc(SC(C)C)s1. The van der Waals surface area contributed by atoms with E-state index in [1.807, 2.05) is 0 Å². The van der Waals surface area contributed by atoms with Crippen molar-refractivity contribution < 1.29 is 9.53 Å². The molecule has 0 aliphatic rings. The number of anilines is 1. The van der Waals surface area contributed by atoms with Gasteiger partial charge in [-0.2, -0.15) is 0 Å². The summed E-state index contributed by atoms with van der Waals surface area (Å²) in [6.07, 6.45) is 1.60. The van der Waals surface area contributed by atoms with E-state index in [1.54, 1.807) is 25.0 Å². The molecule has 0 aromatic carbocycles. The molecule has 1 amide bonds. The highest BCUT2D eigenvalue weighted by molar-refractivity contribution is 8.01. The van der Waals surface area contributed by atoms with Gasteiger partial charge in [-0.15, -0.1) is 15.3 Å². The number of hydrogen-bond acceptors (Lipinski definition) is 7. The molecule has 108 valence electrons. The highest BCUT2D eigenvalue weighted by Crippen LogP contribution is 2.29. The van der Waals surface area contributed by atoms with Crippen molar-refractivity contribution in [3.8, 4) is 5.88 Å². The lowest BCUT2D eigenvalue weighted by Crippen LogP contribution is -2.12. The van der Waals surface area contributed by atoms with Gasteiger partial charge in [0, 0.05) is 18.5 Å². The van der Waals surface area contributed by atoms with Gasteiger partial charge in [-0.25, -0.2) is 0 Å². The summed E-state index contributed by atoms with van der Waals surface area (Å²) in [5.41, 5.74) is 0.364. The normalized spacial score (nSPS) is 10.8. The molecule has 2 rings (SSSR count). The molecule has 0 aliphatic carbocycles. The van der Waals surface area contributed by atoms with Crippen molar-refractivity contribution in [3.63, 3.8) is 0 Å². The molecule has 0 aliphatic heterocycles. The van der Waals surface area contributed by atoms with E-state index in [1.165, 1.54) is 23.1 Å². The fourth-order valence-electron chi connectivity index (χ4n) is 1.45. The van der Waals surface area contributed by atoms with Crippen molar-refractivity contribution in [1.82, 2.24) is 20.0 Å². The van der Waals surface area contributed by atoms with Gasteiger partial charge in [0.1, 0.15) is 5.56 Å². The predicted octanol–water partition coefficient (Wildman–Crippen LogP) is 2.03. The van der Waals surface area contributed by atoms with E-state index in [9.17, 15) is 4.79 Å². The summed E-state index contributed by atoms with van der Waals surface area (Å²) in [6.45, 7) is 4.15. The van der Waals surface area contributed by atoms with Crippen LogP contribution in [0.5, 0.6) is 5.88 Å². The van der Waals surface area contributed by atoms with Crippen molar-refractivity contribution in [1.29, 1.82) is 0 Å². The lowest BCUT2D eigenvalue weighted by atomic mass is 10.3. The Labute approximate surface area is 124 Å². The van der Waals surface area contributed by atoms with Crippen LogP contribution in [0, 0.1) is 0 Å². The molecule has 20 heavy (non-hydrogen) atoms. The van der Waals surface area contributed by atoms with Gasteiger partial charge in [0.15, 0.2) is 4.34 Å². The van der Waals surface area contributed by atoms with E-state index in [-0.39, 0.29) is 11.8 Å². The monoisotopic (exact) mass is 313 g/mol. The van der Waals surface area contributed by atoms with E-state index >= 15 is 0 Å². The second-order valence-corrected chi connectivity index (χ2v) is 7.02. The van der Waals surface area contributed by atoms with E-state index in [2.05, 4.69) is 34.5 Å². The molecule has 7 nitrogen and oxygen atoms in total. The number of aryl methyl sites for hydroxylation is 1. The summed E-state index contributed by atoms with van der Waals surface area (Å²) in [7, 11) is 3.20. The number of hydrogen-bond donors (Lipinski definition) is 1. The van der Waals surface area contributed by atoms with Crippen LogP contribution in [0.25, 0.3) is 0 Å². The van der Waals surface area contributed by atoms with Crippen LogP contribution in [0.3, 0.4) is 0 Å². The number of rotatable bonds is 5.